The predicted molar refractivity (Wildman–Crippen MR) is 44.0 cm³/mol. The van der Waals surface area contributed by atoms with Crippen LogP contribution in [0.1, 0.15) is 26.2 Å². The second-order valence-corrected chi connectivity index (χ2v) is 3.33. The largest absolute Gasteiger partial charge is 0.369 e. The molecule has 0 radical (unpaired) electrons. The van der Waals surface area contributed by atoms with Crippen molar-refractivity contribution in [3.05, 3.63) is 0 Å². The molecule has 1 rings (SSSR count). The molecule has 1 amide bonds. The maximum atomic E-state index is 10.7. The van der Waals surface area contributed by atoms with Gasteiger partial charge in [-0.15, -0.1) is 0 Å². The fraction of sp³-hybridized carbons (Fsp3) is 0.875. The van der Waals surface area contributed by atoms with Crippen molar-refractivity contribution in [3.8, 4) is 0 Å². The molecule has 2 atom stereocenters. The van der Waals surface area contributed by atoms with Crippen molar-refractivity contribution in [2.75, 3.05) is 6.54 Å². The van der Waals surface area contributed by atoms with Crippen molar-refractivity contribution in [1.29, 1.82) is 0 Å². The van der Waals surface area contributed by atoms with Crippen molar-refractivity contribution in [2.45, 2.75) is 32.2 Å². The van der Waals surface area contributed by atoms with Gasteiger partial charge < -0.3 is 11.1 Å². The van der Waals surface area contributed by atoms with Crippen LogP contribution in [0, 0.1) is 5.92 Å². The summed E-state index contributed by atoms with van der Waals surface area (Å²) in [6, 6.07) is 0.525. The number of carbonyl (C=O) groups is 1. The van der Waals surface area contributed by atoms with Crippen LogP contribution in [0.4, 0.5) is 0 Å². The summed E-state index contributed by atoms with van der Waals surface area (Å²) >= 11 is 0. The highest BCUT2D eigenvalue weighted by Crippen LogP contribution is 2.13. The molecular formula is C8H16N2O. The van der Waals surface area contributed by atoms with Crippen molar-refractivity contribution >= 4 is 5.91 Å². The average Bonchev–Trinajstić information content (AvgIpc) is 2.39. The van der Waals surface area contributed by atoms with Gasteiger partial charge in [-0.25, -0.2) is 0 Å². The molecule has 0 aromatic carbocycles. The zero-order chi connectivity index (χ0) is 8.27. The highest BCUT2D eigenvalue weighted by Gasteiger charge is 2.19. The Morgan fingerprint density at radius 2 is 2.55 bits per heavy atom. The van der Waals surface area contributed by atoms with Gasteiger partial charge in [-0.1, -0.05) is 6.92 Å². The van der Waals surface area contributed by atoms with Crippen LogP contribution in [-0.2, 0) is 4.79 Å². The Morgan fingerprint density at radius 3 is 3.00 bits per heavy atom. The molecule has 11 heavy (non-hydrogen) atoms. The number of nitrogens with one attached hydrogen (secondary N) is 1. The lowest BCUT2D eigenvalue weighted by Gasteiger charge is -2.13. The van der Waals surface area contributed by atoms with Crippen LogP contribution < -0.4 is 11.1 Å². The van der Waals surface area contributed by atoms with E-state index in [0.717, 1.165) is 13.0 Å². The molecule has 3 N–H and O–H groups in total. The Kier molecular flexibility index (Phi) is 2.88. The molecule has 3 nitrogen and oxygen atoms in total. The first-order chi connectivity index (χ1) is 5.20. The van der Waals surface area contributed by atoms with Crippen LogP contribution in [0.3, 0.4) is 0 Å². The van der Waals surface area contributed by atoms with Gasteiger partial charge in [0, 0.05) is 12.0 Å². The zero-order valence-electron chi connectivity index (χ0n) is 6.97. The molecule has 1 aliphatic rings. The molecule has 3 heteroatoms. The smallest absolute Gasteiger partial charge is 0.220 e. The maximum absolute atomic E-state index is 10.7. The van der Waals surface area contributed by atoms with Crippen molar-refractivity contribution in [2.24, 2.45) is 11.7 Å². The van der Waals surface area contributed by atoms with Gasteiger partial charge in [0.25, 0.3) is 0 Å². The van der Waals surface area contributed by atoms with Crippen molar-refractivity contribution in [3.63, 3.8) is 0 Å². The van der Waals surface area contributed by atoms with Gasteiger partial charge in [0.2, 0.25) is 5.91 Å². The first-order valence-corrected chi connectivity index (χ1v) is 4.23. The van der Waals surface area contributed by atoms with Crippen LogP contribution >= 0.6 is 0 Å². The number of primary amides is 1. The molecule has 0 spiro atoms. The molecule has 0 saturated carbocycles. The number of nitrogens with two attached hydrogens (primary N) is 1. The molecular weight excluding hydrogens is 140 g/mol. The van der Waals surface area contributed by atoms with E-state index in [-0.39, 0.29) is 11.8 Å². The van der Waals surface area contributed by atoms with Crippen molar-refractivity contribution in [1.82, 2.24) is 5.32 Å². The van der Waals surface area contributed by atoms with E-state index in [2.05, 4.69) is 5.32 Å². The fourth-order valence-electron chi connectivity index (χ4n) is 1.50. The number of amides is 1. The van der Waals surface area contributed by atoms with Gasteiger partial charge in [0.15, 0.2) is 0 Å². The highest BCUT2D eigenvalue weighted by atomic mass is 16.1. The number of hydrogen-bond donors (Lipinski definition) is 2. The quantitative estimate of drug-likeness (QED) is 0.615. The second-order valence-electron chi connectivity index (χ2n) is 3.33. The van der Waals surface area contributed by atoms with Crippen LogP contribution in [0.2, 0.25) is 0 Å². The van der Waals surface area contributed by atoms with Gasteiger partial charge in [0.1, 0.15) is 0 Å². The first-order valence-electron chi connectivity index (χ1n) is 4.23. The molecule has 0 aromatic rings. The Hall–Kier alpha value is -0.570. The van der Waals surface area contributed by atoms with Gasteiger partial charge in [-0.05, 0) is 25.8 Å². The number of rotatable bonds is 3. The van der Waals surface area contributed by atoms with E-state index in [1.807, 2.05) is 6.92 Å². The van der Waals surface area contributed by atoms with E-state index >= 15 is 0 Å². The van der Waals surface area contributed by atoms with Crippen LogP contribution in [0.15, 0.2) is 0 Å². The summed E-state index contributed by atoms with van der Waals surface area (Å²) in [4.78, 5) is 10.7. The molecule has 1 heterocycles. The minimum atomic E-state index is -0.182. The number of hydrogen-bond acceptors (Lipinski definition) is 2. The normalized spacial score (nSPS) is 26.8. The first kappa shape index (κ1) is 8.53. The van der Waals surface area contributed by atoms with Gasteiger partial charge in [0.05, 0.1) is 0 Å². The van der Waals surface area contributed by atoms with Gasteiger partial charge in [-0.3, -0.25) is 4.79 Å². The highest BCUT2D eigenvalue weighted by molar-refractivity contribution is 5.76. The molecule has 1 unspecified atom stereocenters. The SMILES string of the molecule is C[C@@H](CC1CCCN1)C(N)=O. The Balaban J connectivity index is 2.23. The summed E-state index contributed by atoms with van der Waals surface area (Å²) in [6.45, 7) is 2.98. The predicted octanol–water partition coefficient (Wildman–Crippen LogP) is 0.250. The molecule has 0 aliphatic carbocycles. The van der Waals surface area contributed by atoms with Crippen molar-refractivity contribution < 1.29 is 4.79 Å². The van der Waals surface area contributed by atoms with Gasteiger partial charge >= 0.3 is 0 Å². The second kappa shape index (κ2) is 3.72. The number of carbonyl (C=O) groups excluding carboxylic acids is 1. The van der Waals surface area contributed by atoms with Crippen LogP contribution in [0.5, 0.6) is 0 Å². The molecule has 0 bridgehead atoms. The third kappa shape index (κ3) is 2.50. The average molecular weight is 156 g/mol. The van der Waals surface area contributed by atoms with E-state index < -0.39 is 0 Å². The Labute approximate surface area is 67.3 Å². The zero-order valence-corrected chi connectivity index (χ0v) is 6.97. The van der Waals surface area contributed by atoms with Crippen LogP contribution in [-0.4, -0.2) is 18.5 Å². The van der Waals surface area contributed by atoms with E-state index in [4.69, 9.17) is 5.73 Å². The summed E-state index contributed by atoms with van der Waals surface area (Å²) in [7, 11) is 0. The van der Waals surface area contributed by atoms with Gasteiger partial charge in [-0.2, -0.15) is 0 Å². The monoisotopic (exact) mass is 156 g/mol. The summed E-state index contributed by atoms with van der Waals surface area (Å²) in [5.41, 5.74) is 5.15. The molecule has 1 fully saturated rings. The lowest BCUT2D eigenvalue weighted by Crippen LogP contribution is -2.29. The van der Waals surface area contributed by atoms with Crippen LogP contribution in [0.25, 0.3) is 0 Å². The summed E-state index contributed by atoms with van der Waals surface area (Å²) in [5, 5.41) is 3.33. The fourth-order valence-corrected chi connectivity index (χ4v) is 1.50. The maximum Gasteiger partial charge on any atom is 0.220 e. The third-order valence-corrected chi connectivity index (χ3v) is 2.29. The van der Waals surface area contributed by atoms with E-state index in [0.29, 0.717) is 6.04 Å². The summed E-state index contributed by atoms with van der Waals surface area (Å²) in [6.07, 6.45) is 3.32. The van der Waals surface area contributed by atoms with E-state index in [9.17, 15) is 4.79 Å². The Morgan fingerprint density at radius 1 is 1.82 bits per heavy atom. The van der Waals surface area contributed by atoms with E-state index in [1.165, 1.54) is 12.8 Å². The molecule has 1 aliphatic heterocycles. The third-order valence-electron chi connectivity index (χ3n) is 2.29. The lowest BCUT2D eigenvalue weighted by atomic mass is 10.0. The standard InChI is InChI=1S/C8H16N2O/c1-6(8(9)11)5-7-3-2-4-10-7/h6-7,10H,2-5H2,1H3,(H2,9,11)/t6-,7?/m0/s1. The minimum Gasteiger partial charge on any atom is -0.369 e. The Bertz CT molecular complexity index is 141. The summed E-state index contributed by atoms with van der Waals surface area (Å²) in [5.74, 6) is -0.163. The molecule has 0 aromatic heterocycles. The minimum absolute atomic E-state index is 0.0191. The molecule has 1 saturated heterocycles. The topological polar surface area (TPSA) is 55.1 Å². The van der Waals surface area contributed by atoms with E-state index in [1.54, 1.807) is 0 Å². The lowest BCUT2D eigenvalue weighted by molar-refractivity contribution is -0.121. The molecule has 64 valence electrons. The summed E-state index contributed by atoms with van der Waals surface area (Å²) < 4.78 is 0.